The summed E-state index contributed by atoms with van der Waals surface area (Å²) in [6.07, 6.45) is 39.5. The minimum atomic E-state index is -0.843. The van der Waals surface area contributed by atoms with Gasteiger partial charge in [-0.1, -0.05) is 168 Å². The SMILES string of the molecule is Br.C=C(CCCCCCCCCCCCCCCC)C(=O)O.C=CN1C=CN(CCCCCCCCCCCC)C1. The summed E-state index contributed by atoms with van der Waals surface area (Å²) in [6.45, 7) is 14.1. The highest BCUT2D eigenvalue weighted by molar-refractivity contribution is 8.93. The molecule has 242 valence electrons. The number of aliphatic carboxylic acids is 1. The van der Waals surface area contributed by atoms with Crippen LogP contribution >= 0.6 is 17.0 Å². The van der Waals surface area contributed by atoms with E-state index in [9.17, 15) is 4.79 Å². The predicted molar refractivity (Wildman–Crippen MR) is 187 cm³/mol. The van der Waals surface area contributed by atoms with Crippen LogP contribution in [-0.2, 0) is 4.79 Å². The van der Waals surface area contributed by atoms with Crippen LogP contribution in [-0.4, -0.2) is 34.1 Å². The smallest absolute Gasteiger partial charge is 0.330 e. The first kappa shape index (κ1) is 41.9. The van der Waals surface area contributed by atoms with Crippen molar-refractivity contribution < 1.29 is 9.90 Å². The zero-order valence-corrected chi connectivity index (χ0v) is 29.1. The number of nitrogens with zero attached hydrogens (tertiary/aromatic N) is 2. The molecule has 0 bridgehead atoms. The molecule has 41 heavy (non-hydrogen) atoms. The van der Waals surface area contributed by atoms with Crippen LogP contribution in [0.5, 0.6) is 0 Å². The molecule has 1 heterocycles. The molecule has 0 unspecified atom stereocenters. The Balaban J connectivity index is 0. The normalized spacial score (nSPS) is 12.1. The number of unbranched alkanes of at least 4 members (excludes halogenated alkanes) is 22. The molecule has 5 heteroatoms. The van der Waals surface area contributed by atoms with Crippen molar-refractivity contribution in [2.24, 2.45) is 0 Å². The molecule has 1 aliphatic rings. The quantitative estimate of drug-likeness (QED) is 0.0682. The predicted octanol–water partition coefficient (Wildman–Crippen LogP) is 12.2. The average Bonchev–Trinajstić information content (AvgIpc) is 3.42. The van der Waals surface area contributed by atoms with Gasteiger partial charge in [0.2, 0.25) is 0 Å². The second-order valence-corrected chi connectivity index (χ2v) is 11.9. The Kier molecular flexibility index (Phi) is 34.0. The Morgan fingerprint density at radius 1 is 0.659 bits per heavy atom. The summed E-state index contributed by atoms with van der Waals surface area (Å²) in [5.41, 5.74) is 0.355. The van der Waals surface area contributed by atoms with E-state index >= 15 is 0 Å². The lowest BCUT2D eigenvalue weighted by Gasteiger charge is -2.18. The van der Waals surface area contributed by atoms with Crippen molar-refractivity contribution in [1.29, 1.82) is 0 Å². The fourth-order valence-electron chi connectivity index (χ4n) is 5.19. The van der Waals surface area contributed by atoms with Gasteiger partial charge in [0, 0.05) is 24.5 Å². The highest BCUT2D eigenvalue weighted by Gasteiger charge is 2.08. The van der Waals surface area contributed by atoms with Gasteiger partial charge in [-0.15, -0.1) is 17.0 Å². The van der Waals surface area contributed by atoms with E-state index in [-0.39, 0.29) is 17.0 Å². The molecule has 0 aliphatic carbocycles. The van der Waals surface area contributed by atoms with Gasteiger partial charge in [0.05, 0.1) is 6.67 Å². The fraction of sp³-hybridized carbons (Fsp3) is 0.806. The van der Waals surface area contributed by atoms with Gasteiger partial charge in [0.1, 0.15) is 0 Å². The van der Waals surface area contributed by atoms with Crippen molar-refractivity contribution in [3.05, 3.63) is 37.3 Å². The van der Waals surface area contributed by atoms with Crippen molar-refractivity contribution >= 4 is 23.0 Å². The van der Waals surface area contributed by atoms with Crippen molar-refractivity contribution in [3.8, 4) is 0 Å². The molecule has 0 aromatic heterocycles. The second kappa shape index (κ2) is 33.3. The summed E-state index contributed by atoms with van der Waals surface area (Å²) in [7, 11) is 0. The number of carbonyl (C=O) groups is 1. The van der Waals surface area contributed by atoms with Crippen molar-refractivity contribution in [2.75, 3.05) is 13.2 Å². The minimum Gasteiger partial charge on any atom is -0.478 e. The first-order valence-electron chi connectivity index (χ1n) is 17.3. The molecular formula is C36H69BrN2O2. The van der Waals surface area contributed by atoms with Gasteiger partial charge in [0.15, 0.2) is 0 Å². The monoisotopic (exact) mass is 640 g/mol. The van der Waals surface area contributed by atoms with Crippen LogP contribution < -0.4 is 0 Å². The molecule has 0 amide bonds. The largest absolute Gasteiger partial charge is 0.478 e. The Morgan fingerprint density at radius 3 is 1.37 bits per heavy atom. The average molecular weight is 642 g/mol. The summed E-state index contributed by atoms with van der Waals surface area (Å²) < 4.78 is 0. The maximum absolute atomic E-state index is 10.6. The zero-order chi connectivity index (χ0) is 29.5. The van der Waals surface area contributed by atoms with Gasteiger partial charge >= 0.3 is 5.97 Å². The Labute approximate surface area is 266 Å². The number of carboxylic acid groups (broad SMARTS) is 1. The van der Waals surface area contributed by atoms with Gasteiger partial charge in [-0.05, 0) is 25.5 Å². The summed E-state index contributed by atoms with van der Waals surface area (Å²) in [6, 6.07) is 0. The van der Waals surface area contributed by atoms with Gasteiger partial charge in [0.25, 0.3) is 0 Å². The molecule has 1 N–H and O–H groups in total. The number of carboxylic acids is 1. The number of rotatable bonds is 28. The van der Waals surface area contributed by atoms with E-state index in [4.69, 9.17) is 5.11 Å². The molecule has 0 radical (unpaired) electrons. The molecule has 0 saturated carbocycles. The molecular weight excluding hydrogens is 572 g/mol. The van der Waals surface area contributed by atoms with Gasteiger partial charge in [-0.3, -0.25) is 0 Å². The van der Waals surface area contributed by atoms with Crippen LogP contribution in [0.1, 0.15) is 174 Å². The van der Waals surface area contributed by atoms with E-state index in [0.29, 0.717) is 12.0 Å². The van der Waals surface area contributed by atoms with Gasteiger partial charge in [-0.25, -0.2) is 4.79 Å². The Morgan fingerprint density at radius 2 is 1.02 bits per heavy atom. The molecule has 0 aromatic rings. The van der Waals surface area contributed by atoms with E-state index in [1.807, 2.05) is 6.20 Å². The third kappa shape index (κ3) is 30.0. The molecule has 0 atom stereocenters. The lowest BCUT2D eigenvalue weighted by molar-refractivity contribution is -0.132. The third-order valence-electron chi connectivity index (χ3n) is 7.98. The maximum Gasteiger partial charge on any atom is 0.330 e. The van der Waals surface area contributed by atoms with Gasteiger partial charge in [-0.2, -0.15) is 0 Å². The lowest BCUT2D eigenvalue weighted by Crippen LogP contribution is -2.22. The van der Waals surface area contributed by atoms with Crippen molar-refractivity contribution in [1.82, 2.24) is 9.80 Å². The van der Waals surface area contributed by atoms with Crippen LogP contribution in [0.3, 0.4) is 0 Å². The van der Waals surface area contributed by atoms with Gasteiger partial charge < -0.3 is 14.9 Å². The van der Waals surface area contributed by atoms with Crippen molar-refractivity contribution in [3.63, 3.8) is 0 Å². The molecule has 4 nitrogen and oxygen atoms in total. The zero-order valence-electron chi connectivity index (χ0n) is 27.4. The Bertz CT molecular complexity index is 623. The van der Waals surface area contributed by atoms with E-state index < -0.39 is 5.97 Å². The number of halogens is 1. The Hall–Kier alpha value is -1.23. The van der Waals surface area contributed by atoms with Crippen LogP contribution in [0.25, 0.3) is 0 Å². The second-order valence-electron chi connectivity index (χ2n) is 11.9. The number of hydrogen-bond donors (Lipinski definition) is 1. The fourth-order valence-corrected chi connectivity index (χ4v) is 5.19. The number of hydrogen-bond acceptors (Lipinski definition) is 3. The summed E-state index contributed by atoms with van der Waals surface area (Å²) >= 11 is 0. The first-order valence-corrected chi connectivity index (χ1v) is 17.3. The highest BCUT2D eigenvalue weighted by atomic mass is 79.9. The molecule has 0 saturated heterocycles. The van der Waals surface area contributed by atoms with Crippen LogP contribution in [0, 0.1) is 0 Å². The summed E-state index contributed by atoms with van der Waals surface area (Å²) in [5.74, 6) is -0.843. The third-order valence-corrected chi connectivity index (χ3v) is 7.98. The summed E-state index contributed by atoms with van der Waals surface area (Å²) in [5, 5.41) is 8.69. The van der Waals surface area contributed by atoms with E-state index in [0.717, 1.165) is 19.5 Å². The van der Waals surface area contributed by atoms with Crippen LogP contribution in [0.15, 0.2) is 37.3 Å². The molecule has 0 fully saturated rings. The first-order chi connectivity index (χ1) is 19.5. The minimum absolute atomic E-state index is 0. The molecule has 0 spiro atoms. The van der Waals surface area contributed by atoms with Crippen LogP contribution in [0.4, 0.5) is 0 Å². The van der Waals surface area contributed by atoms with E-state index in [2.05, 4.69) is 49.2 Å². The molecule has 1 rings (SSSR count). The standard InChI is InChI=1S/C19H36O2.C17H32N2.BrH/c1-3-4-5-6-7-8-9-10-11-12-13-14-15-16-17-18(2)19(20)21;1-3-5-6-7-8-9-10-11-12-13-14-19-16-15-18(4-2)17-19;/h2-17H2,1H3,(H,20,21);4,15-16H,2-3,5-14,17H2,1H3;1H. The van der Waals surface area contributed by atoms with Crippen molar-refractivity contribution in [2.45, 2.75) is 174 Å². The summed E-state index contributed by atoms with van der Waals surface area (Å²) in [4.78, 5) is 15.1. The maximum atomic E-state index is 10.6. The lowest BCUT2D eigenvalue weighted by atomic mass is 10.0. The van der Waals surface area contributed by atoms with E-state index in [1.165, 1.54) is 148 Å². The molecule has 0 aromatic carbocycles. The van der Waals surface area contributed by atoms with E-state index in [1.54, 1.807) is 0 Å². The highest BCUT2D eigenvalue weighted by Crippen LogP contribution is 2.15. The topological polar surface area (TPSA) is 43.8 Å². The molecule has 1 aliphatic heterocycles. The van der Waals surface area contributed by atoms with Crippen LogP contribution in [0.2, 0.25) is 0 Å².